The molecule has 0 spiro atoms. The molecule has 1 saturated heterocycles. The Morgan fingerprint density at radius 2 is 2.30 bits per heavy atom. The number of halogens is 1. The van der Waals surface area contributed by atoms with Crippen molar-refractivity contribution in [2.24, 2.45) is 0 Å². The molecule has 0 bridgehead atoms. The molecule has 1 aromatic carbocycles. The summed E-state index contributed by atoms with van der Waals surface area (Å²) >= 11 is 6.52. The molecule has 2 fully saturated rings. The van der Waals surface area contributed by atoms with E-state index in [1.807, 2.05) is 4.90 Å². The van der Waals surface area contributed by atoms with E-state index < -0.39 is 0 Å². The molecule has 1 aromatic rings. The van der Waals surface area contributed by atoms with Crippen molar-refractivity contribution in [3.63, 3.8) is 0 Å². The van der Waals surface area contributed by atoms with Crippen molar-refractivity contribution in [2.45, 2.75) is 36.9 Å². The molecule has 6 nitrogen and oxygen atoms in total. The molecule has 7 heteroatoms. The minimum atomic E-state index is -0.362. The lowest BCUT2D eigenvalue weighted by Crippen LogP contribution is -2.49. The summed E-state index contributed by atoms with van der Waals surface area (Å²) in [4.78, 5) is 17.3. The minimum absolute atomic E-state index is 0.00814. The minimum Gasteiger partial charge on any atom is -0.383 e. The van der Waals surface area contributed by atoms with Gasteiger partial charge in [0.05, 0.1) is 18.6 Å². The van der Waals surface area contributed by atoms with E-state index in [1.54, 1.807) is 7.11 Å². The van der Waals surface area contributed by atoms with Crippen LogP contribution in [0.4, 0.5) is 5.69 Å². The SMILES string of the molecule is COCCN1CC(Cl)c2ccc(CN(C(=O)C3CNCCO3)C3CC3)cc21. The van der Waals surface area contributed by atoms with Crippen molar-refractivity contribution in [3.05, 3.63) is 29.3 Å². The highest BCUT2D eigenvalue weighted by Crippen LogP contribution is 2.39. The predicted octanol–water partition coefficient (Wildman–Crippen LogP) is 1.91. The fraction of sp³-hybridized carbons (Fsp3) is 0.650. The van der Waals surface area contributed by atoms with E-state index in [1.165, 1.54) is 11.3 Å². The lowest BCUT2D eigenvalue weighted by molar-refractivity contribution is -0.146. The topological polar surface area (TPSA) is 54.0 Å². The maximum Gasteiger partial charge on any atom is 0.253 e. The van der Waals surface area contributed by atoms with Gasteiger partial charge in [0.1, 0.15) is 6.10 Å². The fourth-order valence-corrected chi connectivity index (χ4v) is 4.26. The third-order valence-electron chi connectivity index (χ3n) is 5.55. The number of amides is 1. The molecule has 27 heavy (non-hydrogen) atoms. The Morgan fingerprint density at radius 1 is 1.44 bits per heavy atom. The van der Waals surface area contributed by atoms with Crippen LogP contribution < -0.4 is 10.2 Å². The number of carbonyl (C=O) groups is 1. The van der Waals surface area contributed by atoms with E-state index in [2.05, 4.69) is 28.4 Å². The molecule has 0 radical (unpaired) electrons. The largest absolute Gasteiger partial charge is 0.383 e. The summed E-state index contributed by atoms with van der Waals surface area (Å²) in [7, 11) is 1.72. The van der Waals surface area contributed by atoms with Crippen LogP contribution in [0.2, 0.25) is 0 Å². The lowest BCUT2D eigenvalue weighted by atomic mass is 10.1. The molecule has 2 atom stereocenters. The van der Waals surface area contributed by atoms with Crippen molar-refractivity contribution in [3.8, 4) is 0 Å². The first-order chi connectivity index (χ1) is 13.2. The molecule has 1 amide bonds. The van der Waals surface area contributed by atoms with Crippen molar-refractivity contribution in [1.29, 1.82) is 0 Å². The second-order valence-corrected chi connectivity index (χ2v) is 8.09. The van der Waals surface area contributed by atoms with Gasteiger partial charge in [0, 0.05) is 51.6 Å². The highest BCUT2D eigenvalue weighted by atomic mass is 35.5. The molecule has 0 aromatic heterocycles. The molecule has 2 aliphatic heterocycles. The number of morpholine rings is 1. The number of rotatable bonds is 7. The molecule has 3 aliphatic rings. The van der Waals surface area contributed by atoms with Gasteiger partial charge in [-0.15, -0.1) is 11.6 Å². The van der Waals surface area contributed by atoms with Crippen LogP contribution >= 0.6 is 11.6 Å². The van der Waals surface area contributed by atoms with Gasteiger partial charge >= 0.3 is 0 Å². The monoisotopic (exact) mass is 393 g/mol. The van der Waals surface area contributed by atoms with Gasteiger partial charge in [-0.05, 0) is 30.0 Å². The summed E-state index contributed by atoms with van der Waals surface area (Å²) in [5.41, 5.74) is 3.48. The summed E-state index contributed by atoms with van der Waals surface area (Å²) in [5, 5.41) is 3.26. The van der Waals surface area contributed by atoms with Crippen molar-refractivity contribution in [1.82, 2.24) is 10.2 Å². The van der Waals surface area contributed by atoms with E-state index in [9.17, 15) is 4.79 Å². The number of fused-ring (bicyclic) bond motifs is 1. The number of anilines is 1. The van der Waals surface area contributed by atoms with Crippen LogP contribution in [0.1, 0.15) is 29.3 Å². The summed E-state index contributed by atoms with van der Waals surface area (Å²) in [6.07, 6.45) is 1.81. The Labute approximate surface area is 165 Å². The summed E-state index contributed by atoms with van der Waals surface area (Å²) < 4.78 is 10.9. The zero-order chi connectivity index (χ0) is 18.8. The number of methoxy groups -OCH3 is 1. The maximum atomic E-state index is 13.0. The number of hydrogen-bond donors (Lipinski definition) is 1. The van der Waals surface area contributed by atoms with Gasteiger partial charge < -0.3 is 24.6 Å². The summed E-state index contributed by atoms with van der Waals surface area (Å²) in [5.74, 6) is 0.108. The number of alkyl halides is 1. The van der Waals surface area contributed by atoms with Crippen molar-refractivity contribution < 1.29 is 14.3 Å². The summed E-state index contributed by atoms with van der Waals surface area (Å²) in [6, 6.07) is 6.76. The quantitative estimate of drug-likeness (QED) is 0.717. The average molecular weight is 394 g/mol. The maximum absolute atomic E-state index is 13.0. The molecule has 2 unspecified atom stereocenters. The van der Waals surface area contributed by atoms with E-state index >= 15 is 0 Å². The van der Waals surface area contributed by atoms with Gasteiger partial charge in [-0.25, -0.2) is 0 Å². The van der Waals surface area contributed by atoms with Crippen molar-refractivity contribution in [2.75, 3.05) is 51.4 Å². The Morgan fingerprint density at radius 3 is 3.00 bits per heavy atom. The molecular formula is C20H28ClN3O3. The van der Waals surface area contributed by atoms with Gasteiger partial charge in [0.25, 0.3) is 5.91 Å². The number of hydrogen-bond acceptors (Lipinski definition) is 5. The van der Waals surface area contributed by atoms with Crippen LogP contribution in [0.25, 0.3) is 0 Å². The van der Waals surface area contributed by atoms with Gasteiger partial charge in [-0.1, -0.05) is 12.1 Å². The zero-order valence-corrected chi connectivity index (χ0v) is 16.6. The third kappa shape index (κ3) is 4.24. The number of carbonyl (C=O) groups excluding carboxylic acids is 1. The fourth-order valence-electron chi connectivity index (χ4n) is 3.91. The molecule has 4 rings (SSSR count). The zero-order valence-electron chi connectivity index (χ0n) is 15.8. The molecule has 1 N–H and O–H groups in total. The van der Waals surface area contributed by atoms with Crippen LogP contribution in [0.15, 0.2) is 18.2 Å². The van der Waals surface area contributed by atoms with Crippen LogP contribution in [0.3, 0.4) is 0 Å². The Hall–Kier alpha value is -1.34. The van der Waals surface area contributed by atoms with Crippen LogP contribution in [0, 0.1) is 0 Å². The van der Waals surface area contributed by atoms with Crippen LogP contribution in [-0.4, -0.2) is 69.5 Å². The van der Waals surface area contributed by atoms with E-state index in [0.29, 0.717) is 32.3 Å². The molecule has 2 heterocycles. The third-order valence-corrected chi connectivity index (χ3v) is 5.92. The number of benzene rings is 1. The van der Waals surface area contributed by atoms with Gasteiger partial charge in [0.2, 0.25) is 0 Å². The van der Waals surface area contributed by atoms with Crippen molar-refractivity contribution >= 4 is 23.2 Å². The molecular weight excluding hydrogens is 366 g/mol. The first-order valence-electron chi connectivity index (χ1n) is 9.81. The molecule has 1 saturated carbocycles. The van der Waals surface area contributed by atoms with E-state index in [4.69, 9.17) is 21.1 Å². The smallest absolute Gasteiger partial charge is 0.253 e. The number of nitrogens with one attached hydrogen (secondary N) is 1. The van der Waals surface area contributed by atoms with Gasteiger partial charge in [-0.3, -0.25) is 4.79 Å². The summed E-state index contributed by atoms with van der Waals surface area (Å²) in [6.45, 7) is 4.94. The van der Waals surface area contributed by atoms with Crippen LogP contribution in [-0.2, 0) is 20.8 Å². The number of nitrogens with zero attached hydrogens (tertiary/aromatic N) is 2. The Bertz CT molecular complexity index is 676. The second-order valence-electron chi connectivity index (χ2n) is 7.56. The lowest BCUT2D eigenvalue weighted by Gasteiger charge is -2.30. The average Bonchev–Trinajstić information content (AvgIpc) is 3.49. The normalized spacial score (nSPS) is 24.7. The molecule has 148 valence electrons. The second kappa shape index (κ2) is 8.35. The number of ether oxygens (including phenoxy) is 2. The van der Waals surface area contributed by atoms with Crippen LogP contribution in [0.5, 0.6) is 0 Å². The first-order valence-corrected chi connectivity index (χ1v) is 10.2. The van der Waals surface area contributed by atoms with Gasteiger partial charge in [-0.2, -0.15) is 0 Å². The predicted molar refractivity (Wildman–Crippen MR) is 105 cm³/mol. The highest BCUT2D eigenvalue weighted by Gasteiger charge is 2.37. The van der Waals surface area contributed by atoms with Gasteiger partial charge in [0.15, 0.2) is 0 Å². The molecule has 1 aliphatic carbocycles. The first kappa shape index (κ1) is 19.0. The van der Waals surface area contributed by atoms with E-state index in [-0.39, 0.29) is 17.4 Å². The Balaban J connectivity index is 1.50. The standard InChI is InChI=1S/C20H28ClN3O3/c1-26-9-7-23-13-17(21)16-5-2-14(10-18(16)23)12-24(15-3-4-15)20(25)19-11-22-6-8-27-19/h2,5,10,15,17,19,22H,3-4,6-9,11-13H2,1H3. The Kier molecular flexibility index (Phi) is 5.88. The highest BCUT2D eigenvalue weighted by molar-refractivity contribution is 6.22. The van der Waals surface area contributed by atoms with E-state index in [0.717, 1.165) is 38.0 Å².